The second-order valence-corrected chi connectivity index (χ2v) is 6.59. The fourth-order valence-electron chi connectivity index (χ4n) is 3.09. The van der Waals surface area contributed by atoms with Crippen LogP contribution in [0.25, 0.3) is 0 Å². The van der Waals surface area contributed by atoms with Crippen molar-refractivity contribution in [1.29, 1.82) is 5.26 Å². The van der Waals surface area contributed by atoms with Crippen molar-refractivity contribution in [3.63, 3.8) is 0 Å². The lowest BCUT2D eigenvalue weighted by Gasteiger charge is -2.38. The van der Waals surface area contributed by atoms with Crippen LogP contribution in [0.4, 0.5) is 0 Å². The zero-order chi connectivity index (χ0) is 18.5. The third-order valence-corrected chi connectivity index (χ3v) is 4.54. The highest BCUT2D eigenvalue weighted by molar-refractivity contribution is 5.79. The first-order valence-electron chi connectivity index (χ1n) is 8.59. The maximum atomic E-state index is 11.5. The van der Waals surface area contributed by atoms with Crippen LogP contribution in [0.3, 0.4) is 0 Å². The van der Waals surface area contributed by atoms with Gasteiger partial charge in [-0.25, -0.2) is 0 Å². The molecule has 0 unspecified atom stereocenters. The lowest BCUT2D eigenvalue weighted by atomic mass is 9.98. The minimum Gasteiger partial charge on any atom is -0.489 e. The summed E-state index contributed by atoms with van der Waals surface area (Å²) in [5.74, 6) is 1.06. The predicted octanol–water partition coefficient (Wildman–Crippen LogP) is 2.02. The highest BCUT2D eigenvalue weighted by Gasteiger charge is 2.31. The van der Waals surface area contributed by atoms with Crippen molar-refractivity contribution in [1.82, 2.24) is 15.2 Å². The van der Waals surface area contributed by atoms with E-state index in [1.165, 1.54) is 11.8 Å². The monoisotopic (exact) mass is 350 g/mol. The summed E-state index contributed by atoms with van der Waals surface area (Å²) in [6.45, 7) is 4.84. The molecule has 1 aliphatic heterocycles. The Balaban J connectivity index is 1.54. The number of nitrogens with zero attached hydrogens (tertiary/aromatic N) is 3. The number of likely N-dealkylation sites (tertiary alicyclic amines) is 1. The smallest absolute Gasteiger partial charge is 0.225 e. The van der Waals surface area contributed by atoms with Gasteiger partial charge in [-0.1, -0.05) is 12.1 Å². The molecule has 0 atom stereocenters. The highest BCUT2D eigenvalue weighted by atomic mass is 16.5. The Morgan fingerprint density at radius 3 is 2.85 bits per heavy atom. The summed E-state index contributed by atoms with van der Waals surface area (Å²) >= 11 is 0. The van der Waals surface area contributed by atoms with Crippen molar-refractivity contribution >= 4 is 5.91 Å². The largest absolute Gasteiger partial charge is 0.489 e. The number of pyridine rings is 1. The molecule has 0 radical (unpaired) electrons. The number of rotatable bonds is 6. The topological polar surface area (TPSA) is 78.2 Å². The number of nitriles is 1. The predicted molar refractivity (Wildman–Crippen MR) is 97.3 cm³/mol. The zero-order valence-electron chi connectivity index (χ0n) is 15.0. The molecule has 6 nitrogen and oxygen atoms in total. The van der Waals surface area contributed by atoms with Crippen molar-refractivity contribution in [2.24, 2.45) is 5.92 Å². The Hall–Kier alpha value is -2.91. The van der Waals surface area contributed by atoms with Crippen molar-refractivity contribution < 1.29 is 9.53 Å². The number of aromatic nitrogens is 1. The summed E-state index contributed by atoms with van der Waals surface area (Å²) in [5.41, 5.74) is 3.67. The molecule has 1 aromatic heterocycles. The van der Waals surface area contributed by atoms with Gasteiger partial charge in [-0.3, -0.25) is 14.7 Å². The first kappa shape index (κ1) is 17.9. The lowest BCUT2D eigenvalue weighted by molar-refractivity contribution is -0.129. The molecule has 2 aromatic rings. The summed E-state index contributed by atoms with van der Waals surface area (Å²) in [4.78, 5) is 17.8. The van der Waals surface area contributed by atoms with Gasteiger partial charge in [-0.05, 0) is 30.2 Å². The standard InChI is InChI=1S/C20H22N4O2/c1-14-5-15(10-24-11-18(12-24)20(25)22-2)3-4-19(14)26-13-17-6-16(7-21)8-23-9-17/h3-6,8-9,18H,10-13H2,1-2H3,(H,22,25). The Kier molecular flexibility index (Phi) is 5.49. The number of benzene rings is 1. The fourth-order valence-corrected chi connectivity index (χ4v) is 3.09. The van der Waals surface area contributed by atoms with Crippen LogP contribution in [0.2, 0.25) is 0 Å². The van der Waals surface area contributed by atoms with E-state index in [-0.39, 0.29) is 11.8 Å². The van der Waals surface area contributed by atoms with Crippen molar-refractivity contribution in [2.45, 2.75) is 20.1 Å². The van der Waals surface area contributed by atoms with Crippen molar-refractivity contribution in [2.75, 3.05) is 20.1 Å². The fraction of sp³-hybridized carbons (Fsp3) is 0.350. The van der Waals surface area contributed by atoms with Crippen LogP contribution in [-0.4, -0.2) is 35.9 Å². The summed E-state index contributed by atoms with van der Waals surface area (Å²) in [6.07, 6.45) is 3.24. The van der Waals surface area contributed by atoms with E-state index < -0.39 is 0 Å². The van der Waals surface area contributed by atoms with Gasteiger partial charge in [-0.15, -0.1) is 0 Å². The van der Waals surface area contributed by atoms with E-state index in [0.717, 1.165) is 36.5 Å². The molecule has 1 saturated heterocycles. The SMILES string of the molecule is CNC(=O)C1CN(Cc2ccc(OCc3cncc(C#N)c3)c(C)c2)C1. The van der Waals surface area contributed by atoms with Gasteiger partial charge >= 0.3 is 0 Å². The van der Waals surface area contributed by atoms with Crippen LogP contribution in [0.15, 0.2) is 36.7 Å². The number of hydrogen-bond donors (Lipinski definition) is 1. The van der Waals surface area contributed by atoms with E-state index in [9.17, 15) is 4.79 Å². The number of carbonyl (C=O) groups excluding carboxylic acids is 1. The second kappa shape index (κ2) is 7.98. The van der Waals surface area contributed by atoms with Gasteiger partial charge in [0.1, 0.15) is 18.4 Å². The molecule has 1 aliphatic rings. The van der Waals surface area contributed by atoms with E-state index in [2.05, 4.69) is 33.4 Å². The number of carbonyl (C=O) groups is 1. The molecule has 3 rings (SSSR count). The Bertz CT molecular complexity index is 838. The number of amides is 1. The molecule has 0 saturated carbocycles. The molecular formula is C20H22N4O2. The molecule has 1 fully saturated rings. The van der Waals surface area contributed by atoms with Crippen LogP contribution in [0.5, 0.6) is 5.75 Å². The van der Waals surface area contributed by atoms with Gasteiger partial charge in [0, 0.05) is 44.6 Å². The van der Waals surface area contributed by atoms with Crippen molar-refractivity contribution in [3.8, 4) is 11.8 Å². The van der Waals surface area contributed by atoms with Crippen LogP contribution < -0.4 is 10.1 Å². The van der Waals surface area contributed by atoms with Crippen LogP contribution >= 0.6 is 0 Å². The van der Waals surface area contributed by atoms with Crippen molar-refractivity contribution in [3.05, 3.63) is 58.9 Å². The van der Waals surface area contributed by atoms with Gasteiger partial charge in [0.05, 0.1) is 11.5 Å². The normalized spacial score (nSPS) is 14.3. The average molecular weight is 350 g/mol. The first-order valence-corrected chi connectivity index (χ1v) is 8.59. The van der Waals surface area contributed by atoms with E-state index >= 15 is 0 Å². The molecule has 0 spiro atoms. The maximum Gasteiger partial charge on any atom is 0.225 e. The summed E-state index contributed by atoms with van der Waals surface area (Å²) in [6, 6.07) is 10.0. The Morgan fingerprint density at radius 2 is 2.15 bits per heavy atom. The van der Waals surface area contributed by atoms with Gasteiger partial charge in [-0.2, -0.15) is 5.26 Å². The highest BCUT2D eigenvalue weighted by Crippen LogP contribution is 2.24. The van der Waals surface area contributed by atoms with Crippen LogP contribution in [0, 0.1) is 24.2 Å². The molecule has 0 aliphatic carbocycles. The summed E-state index contributed by atoms with van der Waals surface area (Å²) in [5, 5.41) is 11.6. The van der Waals surface area contributed by atoms with Gasteiger partial charge in [0.15, 0.2) is 0 Å². The van der Waals surface area contributed by atoms with E-state index in [1.54, 1.807) is 19.3 Å². The first-order chi connectivity index (χ1) is 12.6. The Morgan fingerprint density at radius 1 is 1.35 bits per heavy atom. The zero-order valence-corrected chi connectivity index (χ0v) is 15.0. The quantitative estimate of drug-likeness (QED) is 0.862. The number of nitrogens with one attached hydrogen (secondary N) is 1. The second-order valence-electron chi connectivity index (χ2n) is 6.59. The maximum absolute atomic E-state index is 11.5. The Labute approximate surface area is 153 Å². The average Bonchev–Trinajstić information content (AvgIpc) is 2.63. The molecule has 1 aromatic carbocycles. The summed E-state index contributed by atoms with van der Waals surface area (Å²) < 4.78 is 5.87. The molecule has 1 amide bonds. The van der Waals surface area contributed by atoms with Gasteiger partial charge in [0.25, 0.3) is 0 Å². The van der Waals surface area contributed by atoms with Gasteiger partial charge in [0.2, 0.25) is 5.91 Å². The number of aryl methyl sites for hydroxylation is 1. The summed E-state index contributed by atoms with van der Waals surface area (Å²) in [7, 11) is 1.68. The van der Waals surface area contributed by atoms with E-state index in [0.29, 0.717) is 12.2 Å². The van der Waals surface area contributed by atoms with E-state index in [4.69, 9.17) is 10.00 Å². The number of hydrogen-bond acceptors (Lipinski definition) is 5. The third-order valence-electron chi connectivity index (χ3n) is 4.54. The molecule has 6 heteroatoms. The van der Waals surface area contributed by atoms with E-state index in [1.807, 2.05) is 13.0 Å². The van der Waals surface area contributed by atoms with Gasteiger partial charge < -0.3 is 10.1 Å². The molecule has 26 heavy (non-hydrogen) atoms. The minimum atomic E-state index is 0.112. The minimum absolute atomic E-state index is 0.112. The molecule has 0 bridgehead atoms. The number of ether oxygens (including phenoxy) is 1. The lowest BCUT2D eigenvalue weighted by Crippen LogP contribution is -2.52. The third kappa shape index (κ3) is 4.19. The van der Waals surface area contributed by atoms with Crippen LogP contribution in [-0.2, 0) is 17.9 Å². The molecule has 1 N–H and O–H groups in total. The molecular weight excluding hydrogens is 328 g/mol. The molecule has 2 heterocycles. The van der Waals surface area contributed by atoms with Crippen LogP contribution in [0.1, 0.15) is 22.3 Å². The molecule has 134 valence electrons.